The Hall–Kier alpha value is -1.71. The molecule has 0 saturated heterocycles. The number of aryl methyl sites for hydroxylation is 2. The molecule has 2 N–H and O–H groups in total. The number of hydrogen-bond donors (Lipinski definition) is 2. The molecule has 3 nitrogen and oxygen atoms in total. The van der Waals surface area contributed by atoms with Crippen LogP contribution in [0, 0.1) is 13.8 Å². The van der Waals surface area contributed by atoms with E-state index >= 15 is 0 Å². The van der Waals surface area contributed by atoms with Gasteiger partial charge in [0.05, 0.1) is 15.6 Å². The van der Waals surface area contributed by atoms with Crippen LogP contribution in [0.3, 0.4) is 0 Å². The molecule has 2 rings (SSSR count). The van der Waals surface area contributed by atoms with Crippen LogP contribution in [0.5, 0.6) is 0 Å². The van der Waals surface area contributed by atoms with Gasteiger partial charge in [-0.05, 0) is 56.5 Å². The quantitative estimate of drug-likeness (QED) is 0.735. The zero-order valence-corrected chi connectivity index (χ0v) is 15.1. The van der Waals surface area contributed by atoms with Gasteiger partial charge in [-0.2, -0.15) is 0 Å². The highest BCUT2D eigenvalue weighted by Crippen LogP contribution is 2.28. The molecule has 0 atom stereocenters. The van der Waals surface area contributed by atoms with E-state index in [1.54, 1.807) is 12.1 Å². The van der Waals surface area contributed by atoms with Gasteiger partial charge in [0, 0.05) is 5.69 Å². The summed E-state index contributed by atoms with van der Waals surface area (Å²) in [7, 11) is 0. The zero-order valence-electron chi connectivity index (χ0n) is 13.6. The maximum absolute atomic E-state index is 12.4. The number of anilines is 1. The molecule has 0 spiro atoms. The molecule has 5 heteroatoms. The normalized spacial score (nSPS) is 11.2. The number of hydrogen-bond acceptors (Lipinski definition) is 1. The highest BCUT2D eigenvalue weighted by atomic mass is 35.5. The summed E-state index contributed by atoms with van der Waals surface area (Å²) in [4.78, 5) is 12.4. The van der Waals surface area contributed by atoms with Crippen molar-refractivity contribution in [1.29, 1.82) is 0 Å². The van der Waals surface area contributed by atoms with Gasteiger partial charge in [-0.3, -0.25) is 0 Å². The van der Waals surface area contributed by atoms with E-state index in [1.807, 2.05) is 52.0 Å². The minimum atomic E-state index is -0.588. The van der Waals surface area contributed by atoms with E-state index in [2.05, 4.69) is 10.6 Å². The summed E-state index contributed by atoms with van der Waals surface area (Å²) in [6.07, 6.45) is 0. The van der Waals surface area contributed by atoms with Crippen molar-refractivity contribution in [2.24, 2.45) is 0 Å². The highest BCUT2D eigenvalue weighted by molar-refractivity contribution is 6.42. The van der Waals surface area contributed by atoms with Crippen LogP contribution in [0.15, 0.2) is 36.4 Å². The lowest BCUT2D eigenvalue weighted by Gasteiger charge is -2.27. The fraction of sp³-hybridized carbons (Fsp3) is 0.278. The fourth-order valence-corrected chi connectivity index (χ4v) is 2.70. The lowest BCUT2D eigenvalue weighted by atomic mass is 9.94. The molecule has 0 heterocycles. The molecule has 0 bridgehead atoms. The minimum Gasteiger partial charge on any atom is -0.329 e. The number of para-hydroxylation sites is 1. The van der Waals surface area contributed by atoms with Crippen LogP contribution in [-0.2, 0) is 5.54 Å². The molecule has 0 fully saturated rings. The SMILES string of the molecule is Cc1cccc(C)c1NC(=O)NC(C)(C)c1ccc(Cl)c(Cl)c1. The third-order valence-electron chi connectivity index (χ3n) is 3.79. The number of carbonyl (C=O) groups is 1. The molecule has 0 aromatic heterocycles. The Morgan fingerprint density at radius 2 is 1.61 bits per heavy atom. The lowest BCUT2D eigenvalue weighted by molar-refractivity contribution is 0.242. The topological polar surface area (TPSA) is 41.1 Å². The maximum atomic E-state index is 12.4. The Kier molecular flexibility index (Phi) is 5.23. The van der Waals surface area contributed by atoms with E-state index in [1.165, 1.54) is 0 Å². The Labute approximate surface area is 147 Å². The minimum absolute atomic E-state index is 0.265. The molecule has 2 aromatic carbocycles. The first-order valence-electron chi connectivity index (χ1n) is 7.31. The molecule has 122 valence electrons. The van der Waals surface area contributed by atoms with Gasteiger partial charge in [-0.1, -0.05) is 47.5 Å². The fourth-order valence-electron chi connectivity index (χ4n) is 2.40. The first-order chi connectivity index (χ1) is 10.7. The molecular formula is C18H20Cl2N2O. The van der Waals surface area contributed by atoms with Crippen LogP contribution >= 0.6 is 23.2 Å². The predicted octanol–water partition coefficient (Wildman–Crippen LogP) is 5.67. The number of nitrogens with one attached hydrogen (secondary N) is 2. The number of rotatable bonds is 3. The summed E-state index contributed by atoms with van der Waals surface area (Å²) in [5.74, 6) is 0. The molecule has 0 radical (unpaired) electrons. The van der Waals surface area contributed by atoms with E-state index in [9.17, 15) is 4.79 Å². The molecule has 23 heavy (non-hydrogen) atoms. The maximum Gasteiger partial charge on any atom is 0.319 e. The van der Waals surface area contributed by atoms with Crippen molar-refractivity contribution in [2.45, 2.75) is 33.2 Å². The zero-order chi connectivity index (χ0) is 17.2. The summed E-state index contributed by atoms with van der Waals surface area (Å²) in [5, 5.41) is 6.85. The van der Waals surface area contributed by atoms with Gasteiger partial charge in [0.15, 0.2) is 0 Å². The van der Waals surface area contributed by atoms with Crippen molar-refractivity contribution in [2.75, 3.05) is 5.32 Å². The summed E-state index contributed by atoms with van der Waals surface area (Å²) in [5.41, 5.74) is 3.16. The van der Waals surface area contributed by atoms with Crippen molar-refractivity contribution in [3.8, 4) is 0 Å². The van der Waals surface area contributed by atoms with Crippen molar-refractivity contribution >= 4 is 34.9 Å². The molecule has 0 unspecified atom stereocenters. The van der Waals surface area contributed by atoms with Crippen molar-refractivity contribution in [1.82, 2.24) is 5.32 Å². The largest absolute Gasteiger partial charge is 0.329 e. The third kappa shape index (κ3) is 4.18. The van der Waals surface area contributed by atoms with Gasteiger partial charge >= 0.3 is 6.03 Å². The number of amides is 2. The van der Waals surface area contributed by atoms with Crippen molar-refractivity contribution < 1.29 is 4.79 Å². The first kappa shape index (κ1) is 17.6. The van der Waals surface area contributed by atoms with Crippen molar-refractivity contribution in [3.05, 3.63) is 63.1 Å². The highest BCUT2D eigenvalue weighted by Gasteiger charge is 2.24. The van der Waals surface area contributed by atoms with Crippen LogP contribution in [0.2, 0.25) is 10.0 Å². The van der Waals surface area contributed by atoms with Crippen LogP contribution in [-0.4, -0.2) is 6.03 Å². The average molecular weight is 351 g/mol. The Bertz CT molecular complexity index is 722. The van der Waals surface area contributed by atoms with Gasteiger partial charge in [0.25, 0.3) is 0 Å². The van der Waals surface area contributed by atoms with Crippen LogP contribution < -0.4 is 10.6 Å². The predicted molar refractivity (Wildman–Crippen MR) is 97.6 cm³/mol. The molecule has 0 saturated carbocycles. The van der Waals surface area contributed by atoms with Crippen LogP contribution in [0.4, 0.5) is 10.5 Å². The van der Waals surface area contributed by atoms with Crippen LogP contribution in [0.1, 0.15) is 30.5 Å². The Morgan fingerprint density at radius 1 is 1.00 bits per heavy atom. The lowest BCUT2D eigenvalue weighted by Crippen LogP contribution is -2.43. The summed E-state index contributed by atoms with van der Waals surface area (Å²) >= 11 is 12.0. The molecule has 0 aliphatic rings. The smallest absolute Gasteiger partial charge is 0.319 e. The van der Waals surface area contributed by atoms with E-state index in [0.717, 1.165) is 22.4 Å². The standard InChI is InChI=1S/C18H20Cl2N2O/c1-11-6-5-7-12(2)16(11)21-17(23)22-18(3,4)13-8-9-14(19)15(20)10-13/h5-10H,1-4H3,(H2,21,22,23). The second kappa shape index (κ2) is 6.81. The molecular weight excluding hydrogens is 331 g/mol. The summed E-state index contributed by atoms with van der Waals surface area (Å²) in [6.45, 7) is 7.76. The molecule has 2 amide bonds. The second-order valence-corrected chi connectivity index (χ2v) is 6.91. The molecule has 0 aliphatic heterocycles. The number of benzene rings is 2. The molecule has 0 aliphatic carbocycles. The number of halogens is 2. The van der Waals surface area contributed by atoms with E-state index in [-0.39, 0.29) is 6.03 Å². The van der Waals surface area contributed by atoms with Gasteiger partial charge in [-0.15, -0.1) is 0 Å². The van der Waals surface area contributed by atoms with E-state index in [4.69, 9.17) is 23.2 Å². The monoisotopic (exact) mass is 350 g/mol. The van der Waals surface area contributed by atoms with E-state index in [0.29, 0.717) is 10.0 Å². The second-order valence-electron chi connectivity index (χ2n) is 6.10. The summed E-state index contributed by atoms with van der Waals surface area (Å²) < 4.78 is 0. The van der Waals surface area contributed by atoms with Crippen molar-refractivity contribution in [3.63, 3.8) is 0 Å². The first-order valence-corrected chi connectivity index (χ1v) is 8.07. The van der Waals surface area contributed by atoms with Gasteiger partial charge in [0.2, 0.25) is 0 Å². The van der Waals surface area contributed by atoms with Gasteiger partial charge in [-0.25, -0.2) is 4.79 Å². The summed E-state index contributed by atoms with van der Waals surface area (Å²) in [6, 6.07) is 11.0. The Morgan fingerprint density at radius 3 is 2.17 bits per heavy atom. The average Bonchev–Trinajstić information content (AvgIpc) is 2.45. The van der Waals surface area contributed by atoms with E-state index < -0.39 is 5.54 Å². The number of carbonyl (C=O) groups excluding carboxylic acids is 1. The molecule has 2 aromatic rings. The van der Waals surface area contributed by atoms with Gasteiger partial charge < -0.3 is 10.6 Å². The van der Waals surface area contributed by atoms with Crippen LogP contribution in [0.25, 0.3) is 0 Å². The van der Waals surface area contributed by atoms with Gasteiger partial charge in [0.1, 0.15) is 0 Å². The Balaban J connectivity index is 2.16. The third-order valence-corrected chi connectivity index (χ3v) is 4.53. The number of urea groups is 1.